The Bertz CT molecular complexity index is 804. The molecule has 150 valence electrons. The number of nitrogens with zero attached hydrogens (tertiary/aromatic N) is 2. The second-order valence-corrected chi connectivity index (χ2v) is 9.06. The van der Waals surface area contributed by atoms with Crippen molar-refractivity contribution < 1.29 is 9.59 Å². The SMILES string of the molecule is CCc1ccc(-c2csc(NC(=O)CSCC(=O)N3CCC[C@H](C)C3)n2)cc1. The van der Waals surface area contributed by atoms with Crippen LogP contribution in [0.5, 0.6) is 0 Å². The van der Waals surface area contributed by atoms with Gasteiger partial charge in [0.05, 0.1) is 17.2 Å². The molecule has 1 atom stereocenters. The van der Waals surface area contributed by atoms with E-state index in [2.05, 4.69) is 48.4 Å². The summed E-state index contributed by atoms with van der Waals surface area (Å²) in [6.07, 6.45) is 3.28. The Kier molecular flexibility index (Phi) is 7.50. The van der Waals surface area contributed by atoms with Crippen LogP contribution < -0.4 is 5.32 Å². The minimum Gasteiger partial charge on any atom is -0.342 e. The lowest BCUT2D eigenvalue weighted by Crippen LogP contribution is -2.40. The van der Waals surface area contributed by atoms with Gasteiger partial charge >= 0.3 is 0 Å². The smallest absolute Gasteiger partial charge is 0.236 e. The van der Waals surface area contributed by atoms with E-state index in [0.29, 0.717) is 16.8 Å². The number of carbonyl (C=O) groups excluding carboxylic acids is 2. The number of anilines is 1. The third-order valence-electron chi connectivity index (χ3n) is 4.88. The zero-order valence-corrected chi connectivity index (χ0v) is 18.1. The van der Waals surface area contributed by atoms with Crippen LogP contribution in [0.4, 0.5) is 5.13 Å². The highest BCUT2D eigenvalue weighted by Crippen LogP contribution is 2.25. The maximum Gasteiger partial charge on any atom is 0.236 e. The summed E-state index contributed by atoms with van der Waals surface area (Å²) in [5, 5.41) is 5.38. The molecule has 0 spiro atoms. The minimum atomic E-state index is -0.118. The van der Waals surface area contributed by atoms with Crippen molar-refractivity contribution in [3.63, 3.8) is 0 Å². The lowest BCUT2D eigenvalue weighted by atomic mass is 10.0. The number of aryl methyl sites for hydroxylation is 1. The number of hydrogen-bond acceptors (Lipinski definition) is 5. The molecule has 2 amide bonds. The lowest BCUT2D eigenvalue weighted by molar-refractivity contribution is -0.130. The Morgan fingerprint density at radius 1 is 1.29 bits per heavy atom. The van der Waals surface area contributed by atoms with Gasteiger partial charge in [-0.25, -0.2) is 4.98 Å². The van der Waals surface area contributed by atoms with Gasteiger partial charge in [0.1, 0.15) is 0 Å². The average molecular weight is 418 g/mol. The Labute approximate surface area is 174 Å². The molecule has 1 N–H and O–H groups in total. The molecule has 1 aliphatic heterocycles. The van der Waals surface area contributed by atoms with E-state index < -0.39 is 0 Å². The highest BCUT2D eigenvalue weighted by molar-refractivity contribution is 8.00. The summed E-state index contributed by atoms with van der Waals surface area (Å²) in [5.41, 5.74) is 3.20. The van der Waals surface area contributed by atoms with Gasteiger partial charge < -0.3 is 10.2 Å². The Balaban J connectivity index is 1.43. The van der Waals surface area contributed by atoms with Crippen LogP contribution in [0.15, 0.2) is 29.6 Å². The van der Waals surface area contributed by atoms with Crippen LogP contribution in [0.1, 0.15) is 32.3 Å². The molecule has 1 aromatic carbocycles. The van der Waals surface area contributed by atoms with Crippen LogP contribution in [-0.4, -0.2) is 46.3 Å². The van der Waals surface area contributed by atoms with Gasteiger partial charge in [-0.05, 0) is 30.7 Å². The normalized spacial score (nSPS) is 16.8. The molecule has 0 radical (unpaired) electrons. The van der Waals surface area contributed by atoms with Crippen molar-refractivity contribution in [3.8, 4) is 11.3 Å². The summed E-state index contributed by atoms with van der Waals surface area (Å²) < 4.78 is 0. The van der Waals surface area contributed by atoms with E-state index in [4.69, 9.17) is 0 Å². The third kappa shape index (κ3) is 5.82. The molecule has 2 aromatic rings. The van der Waals surface area contributed by atoms with Gasteiger partial charge in [0.15, 0.2) is 5.13 Å². The number of likely N-dealkylation sites (tertiary alicyclic amines) is 1. The molecule has 2 heterocycles. The van der Waals surface area contributed by atoms with Gasteiger partial charge in [-0.2, -0.15) is 0 Å². The molecule has 5 nitrogen and oxygen atoms in total. The molecule has 1 saturated heterocycles. The van der Waals surface area contributed by atoms with Crippen molar-refractivity contribution in [2.45, 2.75) is 33.1 Å². The van der Waals surface area contributed by atoms with Crippen LogP contribution in [0, 0.1) is 5.92 Å². The number of benzene rings is 1. The molecule has 0 unspecified atom stereocenters. The number of hydrogen-bond donors (Lipinski definition) is 1. The number of carbonyl (C=O) groups is 2. The molecular formula is C21H27N3O2S2. The van der Waals surface area contributed by atoms with E-state index in [1.165, 1.54) is 35.1 Å². The van der Waals surface area contributed by atoms with Gasteiger partial charge in [-0.15, -0.1) is 23.1 Å². The van der Waals surface area contributed by atoms with Crippen LogP contribution in [0.3, 0.4) is 0 Å². The fourth-order valence-corrected chi connectivity index (χ4v) is 4.72. The van der Waals surface area contributed by atoms with Crippen molar-refractivity contribution in [3.05, 3.63) is 35.2 Å². The quantitative estimate of drug-likeness (QED) is 0.729. The van der Waals surface area contributed by atoms with E-state index in [9.17, 15) is 9.59 Å². The fourth-order valence-electron chi connectivity index (χ4n) is 3.27. The van der Waals surface area contributed by atoms with E-state index in [1.807, 2.05) is 10.3 Å². The molecule has 28 heavy (non-hydrogen) atoms. The van der Waals surface area contributed by atoms with Crippen LogP contribution >= 0.6 is 23.1 Å². The van der Waals surface area contributed by atoms with Crippen molar-refractivity contribution in [2.75, 3.05) is 29.9 Å². The van der Waals surface area contributed by atoms with E-state index in [0.717, 1.165) is 37.2 Å². The summed E-state index contributed by atoms with van der Waals surface area (Å²) in [4.78, 5) is 30.8. The molecule has 1 fully saturated rings. The van der Waals surface area contributed by atoms with Crippen molar-refractivity contribution in [1.82, 2.24) is 9.88 Å². The first-order valence-corrected chi connectivity index (χ1v) is 11.8. The molecule has 0 aliphatic carbocycles. The molecule has 3 rings (SSSR count). The highest BCUT2D eigenvalue weighted by atomic mass is 32.2. The molecule has 1 aromatic heterocycles. The first-order valence-electron chi connectivity index (χ1n) is 9.75. The molecular weight excluding hydrogens is 390 g/mol. The first-order chi connectivity index (χ1) is 13.5. The van der Waals surface area contributed by atoms with E-state index in [-0.39, 0.29) is 17.6 Å². The molecule has 7 heteroatoms. The van der Waals surface area contributed by atoms with Crippen LogP contribution in [0.25, 0.3) is 11.3 Å². The third-order valence-corrected chi connectivity index (χ3v) is 6.55. The number of amides is 2. The largest absolute Gasteiger partial charge is 0.342 e. The predicted octanol–water partition coefficient (Wildman–Crippen LogP) is 4.30. The van der Waals surface area contributed by atoms with Gasteiger partial charge in [0.2, 0.25) is 11.8 Å². The Morgan fingerprint density at radius 2 is 2.07 bits per heavy atom. The number of aromatic nitrogens is 1. The summed E-state index contributed by atoms with van der Waals surface area (Å²) in [7, 11) is 0. The van der Waals surface area contributed by atoms with Gasteiger partial charge in [0.25, 0.3) is 0 Å². The number of rotatable bonds is 7. The standard InChI is InChI=1S/C21H27N3O2S2/c1-3-16-6-8-17(9-7-16)18-12-28-21(22-18)23-19(25)13-27-14-20(26)24-10-4-5-15(2)11-24/h6-9,12,15H,3-5,10-11,13-14H2,1-2H3,(H,22,23,25)/t15-/m0/s1. The van der Waals surface area contributed by atoms with Gasteiger partial charge in [-0.3, -0.25) is 9.59 Å². The number of thioether (sulfide) groups is 1. The number of thiazole rings is 1. The molecule has 1 aliphatic rings. The Hall–Kier alpha value is -1.86. The number of nitrogens with one attached hydrogen (secondary N) is 1. The number of piperidine rings is 1. The monoisotopic (exact) mass is 417 g/mol. The predicted molar refractivity (Wildman–Crippen MR) is 118 cm³/mol. The van der Waals surface area contributed by atoms with E-state index in [1.54, 1.807) is 0 Å². The van der Waals surface area contributed by atoms with Gasteiger partial charge in [-0.1, -0.05) is 38.1 Å². The second-order valence-electron chi connectivity index (χ2n) is 7.22. The average Bonchev–Trinajstić information content (AvgIpc) is 3.16. The van der Waals surface area contributed by atoms with Crippen LogP contribution in [0.2, 0.25) is 0 Å². The zero-order valence-electron chi connectivity index (χ0n) is 16.4. The van der Waals surface area contributed by atoms with Gasteiger partial charge in [0, 0.05) is 24.0 Å². The van der Waals surface area contributed by atoms with E-state index >= 15 is 0 Å². The van der Waals surface area contributed by atoms with Crippen molar-refractivity contribution in [1.29, 1.82) is 0 Å². The minimum absolute atomic E-state index is 0.118. The van der Waals surface area contributed by atoms with Crippen molar-refractivity contribution >= 4 is 40.0 Å². The van der Waals surface area contributed by atoms with Crippen LogP contribution in [-0.2, 0) is 16.0 Å². The zero-order chi connectivity index (χ0) is 19.9. The summed E-state index contributed by atoms with van der Waals surface area (Å²) in [6, 6.07) is 8.32. The first kappa shape index (κ1) is 20.9. The summed E-state index contributed by atoms with van der Waals surface area (Å²) in [5.74, 6) is 1.20. The highest BCUT2D eigenvalue weighted by Gasteiger charge is 2.20. The second kappa shape index (κ2) is 10.1. The Morgan fingerprint density at radius 3 is 2.79 bits per heavy atom. The maximum atomic E-state index is 12.3. The molecule has 0 bridgehead atoms. The summed E-state index contributed by atoms with van der Waals surface area (Å²) >= 11 is 2.78. The maximum absolute atomic E-state index is 12.3. The molecule has 0 saturated carbocycles. The fraction of sp³-hybridized carbons (Fsp3) is 0.476. The summed E-state index contributed by atoms with van der Waals surface area (Å²) in [6.45, 7) is 5.99. The topological polar surface area (TPSA) is 62.3 Å². The van der Waals surface area contributed by atoms with Crippen molar-refractivity contribution in [2.24, 2.45) is 5.92 Å². The lowest BCUT2D eigenvalue weighted by Gasteiger charge is -2.30.